The molecule has 138 valence electrons. The molecule has 0 bridgehead atoms. The smallest absolute Gasteiger partial charge is 0.311 e. The highest BCUT2D eigenvalue weighted by atomic mass is 16.6. The summed E-state index contributed by atoms with van der Waals surface area (Å²) < 4.78 is 5.67. The van der Waals surface area contributed by atoms with Crippen LogP contribution in [0.25, 0.3) is 0 Å². The van der Waals surface area contributed by atoms with Crippen LogP contribution in [0, 0.1) is 10.1 Å². The molecule has 0 aromatic heterocycles. The second-order valence-corrected chi connectivity index (χ2v) is 6.25. The topological polar surface area (TPSA) is 64.4 Å². The molecule has 0 amide bonds. The van der Waals surface area contributed by atoms with Crippen molar-refractivity contribution in [1.29, 1.82) is 0 Å². The van der Waals surface area contributed by atoms with Gasteiger partial charge in [-0.05, 0) is 35.7 Å². The molecule has 27 heavy (non-hydrogen) atoms. The predicted octanol–water partition coefficient (Wildman–Crippen LogP) is 4.51. The molecule has 3 aromatic rings. The molecule has 5 nitrogen and oxygen atoms in total. The average molecular weight is 362 g/mol. The number of nitrogens with zero attached hydrogens (tertiary/aromatic N) is 1. The fraction of sp³-hybridized carbons (Fsp3) is 0.182. The summed E-state index contributed by atoms with van der Waals surface area (Å²) in [6, 6.07) is 24.9. The predicted molar refractivity (Wildman–Crippen MR) is 106 cm³/mol. The third kappa shape index (κ3) is 5.66. The van der Waals surface area contributed by atoms with E-state index in [0.717, 1.165) is 24.2 Å². The Morgan fingerprint density at radius 3 is 2.19 bits per heavy atom. The Balaban J connectivity index is 1.57. The van der Waals surface area contributed by atoms with Crippen LogP contribution in [0.5, 0.6) is 5.75 Å². The minimum atomic E-state index is -0.388. The fourth-order valence-electron chi connectivity index (χ4n) is 2.78. The Kier molecular flexibility index (Phi) is 6.55. The van der Waals surface area contributed by atoms with Gasteiger partial charge in [-0.2, -0.15) is 0 Å². The van der Waals surface area contributed by atoms with Gasteiger partial charge in [0.05, 0.1) is 4.92 Å². The van der Waals surface area contributed by atoms with E-state index in [9.17, 15) is 10.1 Å². The van der Waals surface area contributed by atoms with Crippen LogP contribution in [0.15, 0.2) is 78.9 Å². The van der Waals surface area contributed by atoms with Gasteiger partial charge in [0, 0.05) is 12.6 Å². The summed E-state index contributed by atoms with van der Waals surface area (Å²) >= 11 is 0. The number of rotatable bonds is 9. The van der Waals surface area contributed by atoms with Gasteiger partial charge in [-0.3, -0.25) is 10.1 Å². The molecule has 1 N–H and O–H groups in total. The SMILES string of the molecule is O=[N+]([O-])c1cc(CCNCc2ccccc2)ccc1OCc1ccccc1. The van der Waals surface area contributed by atoms with Crippen LogP contribution in [0.4, 0.5) is 5.69 Å². The molecule has 3 aromatic carbocycles. The average Bonchev–Trinajstić information content (AvgIpc) is 2.71. The van der Waals surface area contributed by atoms with Gasteiger partial charge < -0.3 is 10.1 Å². The van der Waals surface area contributed by atoms with Gasteiger partial charge in [-0.15, -0.1) is 0 Å². The van der Waals surface area contributed by atoms with Crippen molar-refractivity contribution >= 4 is 5.69 Å². The minimum absolute atomic E-state index is 0.00601. The first-order valence-corrected chi connectivity index (χ1v) is 8.91. The summed E-state index contributed by atoms with van der Waals surface area (Å²) in [5, 5.41) is 14.8. The van der Waals surface area contributed by atoms with Crippen molar-refractivity contribution in [2.45, 2.75) is 19.6 Å². The van der Waals surface area contributed by atoms with E-state index < -0.39 is 0 Å². The summed E-state index contributed by atoms with van der Waals surface area (Å²) in [4.78, 5) is 11.0. The highest BCUT2D eigenvalue weighted by molar-refractivity contribution is 5.49. The quantitative estimate of drug-likeness (QED) is 0.346. The molecule has 0 saturated heterocycles. The number of nitro groups is 1. The lowest BCUT2D eigenvalue weighted by Crippen LogP contribution is -2.16. The van der Waals surface area contributed by atoms with Crippen molar-refractivity contribution in [2.24, 2.45) is 0 Å². The fourth-order valence-corrected chi connectivity index (χ4v) is 2.78. The lowest BCUT2D eigenvalue weighted by molar-refractivity contribution is -0.386. The zero-order valence-corrected chi connectivity index (χ0v) is 15.0. The minimum Gasteiger partial charge on any atom is -0.482 e. The highest BCUT2D eigenvalue weighted by Gasteiger charge is 2.16. The second-order valence-electron chi connectivity index (χ2n) is 6.25. The summed E-state index contributed by atoms with van der Waals surface area (Å²) in [5.74, 6) is 0.296. The maximum atomic E-state index is 11.4. The van der Waals surface area contributed by atoms with Crippen LogP contribution in [0.3, 0.4) is 0 Å². The molecule has 0 fully saturated rings. The summed E-state index contributed by atoms with van der Waals surface area (Å²) in [7, 11) is 0. The normalized spacial score (nSPS) is 10.5. The maximum Gasteiger partial charge on any atom is 0.311 e. The van der Waals surface area contributed by atoms with Crippen LogP contribution < -0.4 is 10.1 Å². The zero-order chi connectivity index (χ0) is 18.9. The monoisotopic (exact) mass is 362 g/mol. The van der Waals surface area contributed by atoms with Gasteiger partial charge >= 0.3 is 5.69 Å². The Morgan fingerprint density at radius 2 is 1.52 bits per heavy atom. The Labute approximate surface area is 158 Å². The largest absolute Gasteiger partial charge is 0.482 e. The summed E-state index contributed by atoms with van der Waals surface area (Å²) in [6.45, 7) is 1.83. The van der Waals surface area contributed by atoms with Gasteiger partial charge in [0.1, 0.15) is 6.61 Å². The summed E-state index contributed by atoms with van der Waals surface area (Å²) in [6.07, 6.45) is 0.715. The van der Waals surface area contributed by atoms with Crippen molar-refractivity contribution in [3.63, 3.8) is 0 Å². The number of nitro benzene ring substituents is 1. The van der Waals surface area contributed by atoms with E-state index >= 15 is 0 Å². The van der Waals surface area contributed by atoms with Gasteiger partial charge in [0.15, 0.2) is 5.75 Å². The van der Waals surface area contributed by atoms with E-state index in [1.54, 1.807) is 12.1 Å². The lowest BCUT2D eigenvalue weighted by atomic mass is 10.1. The number of benzene rings is 3. The molecule has 0 saturated carbocycles. The first-order chi connectivity index (χ1) is 13.2. The van der Waals surface area contributed by atoms with E-state index in [4.69, 9.17) is 4.74 Å². The molecule has 0 aliphatic carbocycles. The standard InChI is InChI=1S/C22H22N2O3/c25-24(26)21-15-18(13-14-23-16-19-7-3-1-4-8-19)11-12-22(21)27-17-20-9-5-2-6-10-20/h1-12,15,23H,13-14,16-17H2. The number of hydrogen-bond acceptors (Lipinski definition) is 4. The van der Waals surface area contributed by atoms with Gasteiger partial charge in [-0.25, -0.2) is 0 Å². The molecule has 0 spiro atoms. The van der Waals surface area contributed by atoms with Crippen molar-refractivity contribution < 1.29 is 9.66 Å². The third-order valence-electron chi connectivity index (χ3n) is 4.22. The number of ether oxygens (including phenoxy) is 1. The van der Waals surface area contributed by atoms with E-state index in [0.29, 0.717) is 18.8 Å². The molecular weight excluding hydrogens is 340 g/mol. The Morgan fingerprint density at radius 1 is 0.852 bits per heavy atom. The highest BCUT2D eigenvalue weighted by Crippen LogP contribution is 2.29. The molecule has 0 aliphatic rings. The molecule has 0 aliphatic heterocycles. The van der Waals surface area contributed by atoms with E-state index in [-0.39, 0.29) is 10.6 Å². The molecule has 0 atom stereocenters. The third-order valence-corrected chi connectivity index (χ3v) is 4.22. The van der Waals surface area contributed by atoms with Crippen LogP contribution >= 0.6 is 0 Å². The Bertz CT molecular complexity index is 867. The van der Waals surface area contributed by atoms with Crippen molar-refractivity contribution in [2.75, 3.05) is 6.54 Å². The van der Waals surface area contributed by atoms with Crippen LogP contribution in [0.2, 0.25) is 0 Å². The lowest BCUT2D eigenvalue weighted by Gasteiger charge is -2.09. The molecule has 3 rings (SSSR count). The Hall–Kier alpha value is -3.18. The number of hydrogen-bond donors (Lipinski definition) is 1. The summed E-state index contributed by atoms with van der Waals surface area (Å²) in [5.41, 5.74) is 3.11. The van der Waals surface area contributed by atoms with Gasteiger partial charge in [-0.1, -0.05) is 66.7 Å². The maximum absolute atomic E-state index is 11.4. The van der Waals surface area contributed by atoms with E-state index in [2.05, 4.69) is 17.4 Å². The molecule has 0 heterocycles. The van der Waals surface area contributed by atoms with Crippen LogP contribution in [-0.4, -0.2) is 11.5 Å². The molecule has 0 unspecified atom stereocenters. The first kappa shape index (κ1) is 18.6. The van der Waals surface area contributed by atoms with E-state index in [1.807, 2.05) is 54.6 Å². The number of nitrogens with one attached hydrogen (secondary N) is 1. The first-order valence-electron chi connectivity index (χ1n) is 8.91. The van der Waals surface area contributed by atoms with Gasteiger partial charge in [0.2, 0.25) is 0 Å². The van der Waals surface area contributed by atoms with Crippen molar-refractivity contribution in [1.82, 2.24) is 5.32 Å². The molecular formula is C22H22N2O3. The molecule has 5 heteroatoms. The van der Waals surface area contributed by atoms with Gasteiger partial charge in [0.25, 0.3) is 0 Å². The van der Waals surface area contributed by atoms with E-state index in [1.165, 1.54) is 5.56 Å². The van der Waals surface area contributed by atoms with Crippen molar-refractivity contribution in [3.05, 3.63) is 106 Å². The zero-order valence-electron chi connectivity index (χ0n) is 15.0. The van der Waals surface area contributed by atoms with Crippen molar-refractivity contribution in [3.8, 4) is 5.75 Å². The van der Waals surface area contributed by atoms with Crippen LogP contribution in [0.1, 0.15) is 16.7 Å². The molecule has 0 radical (unpaired) electrons. The second kappa shape index (κ2) is 9.50. The van der Waals surface area contributed by atoms with Crippen LogP contribution in [-0.2, 0) is 19.6 Å².